The second kappa shape index (κ2) is 8.95. The van der Waals surface area contributed by atoms with Crippen molar-refractivity contribution in [3.8, 4) is 0 Å². The van der Waals surface area contributed by atoms with Gasteiger partial charge in [0.2, 0.25) is 10.0 Å². The van der Waals surface area contributed by atoms with Crippen molar-refractivity contribution < 1.29 is 17.2 Å². The van der Waals surface area contributed by atoms with E-state index in [0.717, 1.165) is 31.9 Å². The second-order valence-corrected chi connectivity index (χ2v) is 8.84. The van der Waals surface area contributed by atoms with E-state index < -0.39 is 10.0 Å². The highest BCUT2D eigenvalue weighted by atomic mass is 32.2. The summed E-state index contributed by atoms with van der Waals surface area (Å²) >= 11 is 0. The minimum absolute atomic E-state index is 0.129. The van der Waals surface area contributed by atoms with Crippen LogP contribution in [0.3, 0.4) is 0 Å². The number of furan rings is 1. The third-order valence-electron chi connectivity index (χ3n) is 5.23. The molecule has 1 aliphatic heterocycles. The van der Waals surface area contributed by atoms with Crippen LogP contribution in [0.1, 0.15) is 11.8 Å². The van der Waals surface area contributed by atoms with Crippen LogP contribution in [0.5, 0.6) is 0 Å². The van der Waals surface area contributed by atoms with Gasteiger partial charge in [-0.15, -0.1) is 0 Å². The van der Waals surface area contributed by atoms with Crippen LogP contribution in [-0.4, -0.2) is 51.0 Å². The van der Waals surface area contributed by atoms with Gasteiger partial charge in [-0.3, -0.25) is 9.88 Å². The van der Waals surface area contributed by atoms with Gasteiger partial charge in [-0.25, -0.2) is 17.5 Å². The van der Waals surface area contributed by atoms with E-state index in [1.165, 1.54) is 30.6 Å². The van der Waals surface area contributed by atoms with E-state index in [1.807, 2.05) is 6.07 Å². The van der Waals surface area contributed by atoms with Crippen LogP contribution in [0, 0.1) is 5.82 Å². The molecule has 1 unspecified atom stereocenters. The maximum absolute atomic E-state index is 13.2. The van der Waals surface area contributed by atoms with Crippen LogP contribution in [-0.2, 0) is 10.0 Å². The maximum atomic E-state index is 13.2. The number of benzene rings is 1. The number of aromatic nitrogens is 1. The highest BCUT2D eigenvalue weighted by molar-refractivity contribution is 7.89. The summed E-state index contributed by atoms with van der Waals surface area (Å²) in [5, 5.41) is 0. The molecule has 0 aliphatic carbocycles. The molecule has 0 amide bonds. The molecule has 1 N–H and O–H groups in total. The molecular formula is C21H23FN4O3S. The molecule has 7 nitrogen and oxygen atoms in total. The number of pyridine rings is 1. The molecule has 1 saturated heterocycles. The zero-order chi connectivity index (χ0) is 21.0. The van der Waals surface area contributed by atoms with Crippen molar-refractivity contribution in [2.45, 2.75) is 10.9 Å². The van der Waals surface area contributed by atoms with Crippen molar-refractivity contribution in [1.29, 1.82) is 0 Å². The quantitative estimate of drug-likeness (QED) is 0.621. The molecule has 158 valence electrons. The Kier molecular flexibility index (Phi) is 6.12. The minimum Gasteiger partial charge on any atom is -0.468 e. The first-order chi connectivity index (χ1) is 14.5. The van der Waals surface area contributed by atoms with Crippen molar-refractivity contribution in [3.63, 3.8) is 0 Å². The van der Waals surface area contributed by atoms with Crippen molar-refractivity contribution in [1.82, 2.24) is 14.6 Å². The average Bonchev–Trinajstić information content (AvgIpc) is 3.30. The van der Waals surface area contributed by atoms with Crippen LogP contribution in [0.2, 0.25) is 0 Å². The van der Waals surface area contributed by atoms with Crippen LogP contribution in [0.25, 0.3) is 0 Å². The molecule has 0 radical (unpaired) electrons. The fraction of sp³-hybridized carbons (Fsp3) is 0.286. The second-order valence-electron chi connectivity index (χ2n) is 7.07. The Morgan fingerprint density at radius 1 is 1.07 bits per heavy atom. The highest BCUT2D eigenvalue weighted by Crippen LogP contribution is 2.25. The Labute approximate surface area is 175 Å². The summed E-state index contributed by atoms with van der Waals surface area (Å²) in [6, 6.07) is 13.0. The Bertz CT molecular complexity index is 1040. The first-order valence-corrected chi connectivity index (χ1v) is 11.2. The molecule has 9 heteroatoms. The number of rotatable bonds is 7. The minimum atomic E-state index is -3.67. The number of sulfonamides is 1. The largest absolute Gasteiger partial charge is 0.468 e. The van der Waals surface area contributed by atoms with E-state index in [-0.39, 0.29) is 23.3 Å². The van der Waals surface area contributed by atoms with Crippen LogP contribution in [0.4, 0.5) is 10.1 Å². The molecule has 30 heavy (non-hydrogen) atoms. The Balaban J connectivity index is 1.44. The van der Waals surface area contributed by atoms with E-state index in [0.29, 0.717) is 5.76 Å². The molecule has 0 saturated carbocycles. The van der Waals surface area contributed by atoms with Crippen molar-refractivity contribution in [2.24, 2.45) is 0 Å². The number of piperazine rings is 1. The summed E-state index contributed by atoms with van der Waals surface area (Å²) in [5.74, 6) is 0.454. The van der Waals surface area contributed by atoms with Gasteiger partial charge in [0.05, 0.1) is 12.3 Å². The Hall–Kier alpha value is -2.75. The Morgan fingerprint density at radius 3 is 2.47 bits per heavy atom. The van der Waals surface area contributed by atoms with E-state index in [1.54, 1.807) is 30.5 Å². The molecule has 1 atom stereocenters. The number of halogens is 1. The first-order valence-electron chi connectivity index (χ1n) is 9.70. The average molecular weight is 431 g/mol. The van der Waals surface area contributed by atoms with Crippen molar-refractivity contribution in [2.75, 3.05) is 37.6 Å². The number of hydrogen-bond donors (Lipinski definition) is 1. The lowest BCUT2D eigenvalue weighted by Gasteiger charge is -2.39. The number of anilines is 1. The summed E-state index contributed by atoms with van der Waals surface area (Å²) in [6.45, 7) is 3.12. The lowest BCUT2D eigenvalue weighted by Crippen LogP contribution is -2.49. The fourth-order valence-electron chi connectivity index (χ4n) is 3.61. The van der Waals surface area contributed by atoms with Gasteiger partial charge >= 0.3 is 0 Å². The van der Waals surface area contributed by atoms with Gasteiger partial charge in [-0.05, 0) is 48.5 Å². The molecule has 0 spiro atoms. The molecule has 1 fully saturated rings. The Morgan fingerprint density at radius 2 is 1.83 bits per heavy atom. The molecular weight excluding hydrogens is 407 g/mol. The van der Waals surface area contributed by atoms with Crippen molar-refractivity contribution in [3.05, 3.63) is 78.8 Å². The third kappa shape index (κ3) is 4.69. The predicted molar refractivity (Wildman–Crippen MR) is 111 cm³/mol. The van der Waals surface area contributed by atoms with Crippen molar-refractivity contribution >= 4 is 15.7 Å². The topological polar surface area (TPSA) is 78.7 Å². The lowest BCUT2D eigenvalue weighted by atomic mass is 10.1. The molecule has 3 aromatic rings. The van der Waals surface area contributed by atoms with Gasteiger partial charge in [0.1, 0.15) is 16.5 Å². The van der Waals surface area contributed by atoms with Gasteiger partial charge in [0.25, 0.3) is 0 Å². The lowest BCUT2D eigenvalue weighted by molar-refractivity contribution is 0.166. The van der Waals surface area contributed by atoms with Crippen LogP contribution >= 0.6 is 0 Å². The van der Waals surface area contributed by atoms with E-state index in [9.17, 15) is 12.8 Å². The first kappa shape index (κ1) is 20.5. The molecule has 1 aliphatic rings. The molecule has 1 aromatic carbocycles. The third-order valence-corrected chi connectivity index (χ3v) is 6.64. The smallest absolute Gasteiger partial charge is 0.242 e. The number of hydrogen-bond acceptors (Lipinski definition) is 6. The molecule has 3 heterocycles. The zero-order valence-electron chi connectivity index (χ0n) is 16.3. The molecule has 0 bridgehead atoms. The van der Waals surface area contributed by atoms with Gasteiger partial charge in [-0.1, -0.05) is 0 Å². The van der Waals surface area contributed by atoms with E-state index >= 15 is 0 Å². The van der Waals surface area contributed by atoms with Crippen LogP contribution < -0.4 is 9.62 Å². The van der Waals surface area contributed by atoms with Gasteiger partial charge in [-0.2, -0.15) is 0 Å². The van der Waals surface area contributed by atoms with Gasteiger partial charge in [0, 0.05) is 50.8 Å². The van der Waals surface area contributed by atoms with Gasteiger partial charge < -0.3 is 9.32 Å². The summed E-state index contributed by atoms with van der Waals surface area (Å²) in [4.78, 5) is 8.40. The standard InChI is InChI=1S/C21H23FN4O3S/c22-17-5-7-18(8-6-17)25-10-12-26(13-11-25)20(21-4-2-14-29-21)16-24-30(27,28)19-3-1-9-23-15-19/h1-9,14-15,20,24H,10-13,16H2. The SMILES string of the molecule is O=S(=O)(NCC(c1ccco1)N1CCN(c2ccc(F)cc2)CC1)c1cccnc1. The fourth-order valence-corrected chi connectivity index (χ4v) is 4.61. The summed E-state index contributed by atoms with van der Waals surface area (Å²) in [7, 11) is -3.67. The highest BCUT2D eigenvalue weighted by Gasteiger charge is 2.28. The summed E-state index contributed by atoms with van der Waals surface area (Å²) in [5.41, 5.74) is 0.975. The van der Waals surface area contributed by atoms with E-state index in [2.05, 4.69) is 19.5 Å². The van der Waals surface area contributed by atoms with E-state index in [4.69, 9.17) is 4.42 Å². The molecule has 2 aromatic heterocycles. The summed E-state index contributed by atoms with van der Waals surface area (Å²) in [6.07, 6.45) is 4.45. The number of nitrogens with one attached hydrogen (secondary N) is 1. The zero-order valence-corrected chi connectivity index (χ0v) is 17.1. The monoisotopic (exact) mass is 430 g/mol. The summed E-state index contributed by atoms with van der Waals surface area (Å²) < 4.78 is 46.7. The molecule has 4 rings (SSSR count). The predicted octanol–water partition coefficient (Wildman–Crippen LogP) is 2.66. The van der Waals surface area contributed by atoms with Gasteiger partial charge in [0.15, 0.2) is 0 Å². The van der Waals surface area contributed by atoms with Crippen LogP contribution in [0.15, 0.2) is 76.5 Å². The normalized spacial score (nSPS) is 16.5. The maximum Gasteiger partial charge on any atom is 0.242 e. The number of nitrogens with zero attached hydrogens (tertiary/aromatic N) is 3.